The molecule has 8 atom stereocenters. The minimum atomic E-state index is -1.06. The molecule has 4 aliphatic carbocycles. The Morgan fingerprint density at radius 1 is 1.07 bits per heavy atom. The molecule has 162 valence electrons. The average Bonchev–Trinajstić information content (AvgIpc) is 3.21. The largest absolute Gasteiger partial charge is 0.458 e. The highest BCUT2D eigenvalue weighted by Gasteiger charge is 2.71. The topological polar surface area (TPSA) is 107 Å². The lowest BCUT2D eigenvalue weighted by atomic mass is 9.41. The van der Waals surface area contributed by atoms with Crippen molar-refractivity contribution in [1.82, 2.24) is 0 Å². The van der Waals surface area contributed by atoms with Gasteiger partial charge >= 0.3 is 5.97 Å². The summed E-state index contributed by atoms with van der Waals surface area (Å²) in [5.74, 6) is -0.0760. The van der Waals surface area contributed by atoms with Crippen LogP contribution in [0.4, 0.5) is 0 Å². The SMILES string of the molecule is C[C@]12CC[C@H]3[C@@H](CC[C@]4(O)C[C@@H](O)CC[C@]34CO)[C@]1(O)CC[C@@H]2C1=CC(=O)OC1. The molecule has 4 fully saturated rings. The van der Waals surface area contributed by atoms with Crippen LogP contribution in [0.25, 0.3) is 0 Å². The van der Waals surface area contributed by atoms with Gasteiger partial charge in [0.2, 0.25) is 0 Å². The van der Waals surface area contributed by atoms with E-state index in [1.807, 2.05) is 0 Å². The first-order chi connectivity index (χ1) is 13.7. The molecule has 0 unspecified atom stereocenters. The third-order valence-electron chi connectivity index (χ3n) is 10.1. The molecule has 0 radical (unpaired) electrons. The first kappa shape index (κ1) is 20.0. The number of carbonyl (C=O) groups is 1. The molecule has 0 aromatic rings. The van der Waals surface area contributed by atoms with Crippen molar-refractivity contribution in [3.63, 3.8) is 0 Å². The minimum absolute atomic E-state index is 0.0209. The first-order valence-electron chi connectivity index (χ1n) is 11.3. The third-order valence-corrected chi connectivity index (χ3v) is 10.1. The van der Waals surface area contributed by atoms with E-state index in [2.05, 4.69) is 6.92 Å². The lowest BCUT2D eigenvalue weighted by molar-refractivity contribution is -0.269. The predicted octanol–water partition coefficient (Wildman–Crippen LogP) is 1.69. The van der Waals surface area contributed by atoms with Crippen molar-refractivity contribution < 1.29 is 30.0 Å². The summed E-state index contributed by atoms with van der Waals surface area (Å²) in [5, 5.41) is 44.4. The summed E-state index contributed by atoms with van der Waals surface area (Å²) in [4.78, 5) is 11.6. The van der Waals surface area contributed by atoms with Crippen molar-refractivity contribution in [1.29, 1.82) is 0 Å². The Bertz CT molecular complexity index is 750. The molecular formula is C23H34O6. The standard InChI is InChI=1S/C23H34O6/c1-20-6-3-17-18(4-8-22(27)11-15(25)2-7-21(17,22)13-24)23(20,28)9-5-16(20)14-10-19(26)29-12-14/h10,15-18,24-25,27-28H,2-9,11-13H2,1H3/t15-,16+,17-,18+,20+,21-,22-,23+/m0/s1. The maximum Gasteiger partial charge on any atom is 0.331 e. The average molecular weight is 407 g/mol. The second-order valence-corrected chi connectivity index (χ2v) is 10.8. The Hall–Kier alpha value is -0.950. The van der Waals surface area contributed by atoms with Gasteiger partial charge in [-0.3, -0.25) is 0 Å². The molecular weight excluding hydrogens is 372 g/mol. The van der Waals surface area contributed by atoms with Gasteiger partial charge in [0.1, 0.15) is 6.61 Å². The van der Waals surface area contributed by atoms with Gasteiger partial charge in [-0.15, -0.1) is 0 Å². The van der Waals surface area contributed by atoms with E-state index < -0.39 is 22.7 Å². The van der Waals surface area contributed by atoms with E-state index in [1.165, 1.54) is 0 Å². The molecule has 1 heterocycles. The van der Waals surface area contributed by atoms with E-state index in [4.69, 9.17) is 4.74 Å². The summed E-state index contributed by atoms with van der Waals surface area (Å²) in [7, 11) is 0. The zero-order valence-electron chi connectivity index (χ0n) is 17.3. The van der Waals surface area contributed by atoms with E-state index in [9.17, 15) is 25.2 Å². The fraction of sp³-hybridized carbons (Fsp3) is 0.870. The third kappa shape index (κ3) is 2.40. The van der Waals surface area contributed by atoms with E-state index >= 15 is 0 Å². The number of hydrogen-bond acceptors (Lipinski definition) is 6. The van der Waals surface area contributed by atoms with Gasteiger partial charge in [0.05, 0.1) is 23.9 Å². The van der Waals surface area contributed by atoms with E-state index in [0.29, 0.717) is 45.1 Å². The molecule has 0 amide bonds. The van der Waals surface area contributed by atoms with Crippen LogP contribution in [-0.2, 0) is 9.53 Å². The zero-order chi connectivity index (χ0) is 20.7. The smallest absolute Gasteiger partial charge is 0.331 e. The second-order valence-electron chi connectivity index (χ2n) is 10.8. The van der Waals surface area contributed by atoms with Crippen LogP contribution >= 0.6 is 0 Å². The molecule has 0 saturated heterocycles. The number of cyclic esters (lactones) is 1. The van der Waals surface area contributed by atoms with Crippen LogP contribution in [0, 0.1) is 28.6 Å². The Kier molecular flexibility index (Phi) is 4.33. The van der Waals surface area contributed by atoms with Crippen molar-refractivity contribution >= 4 is 5.97 Å². The van der Waals surface area contributed by atoms with Crippen molar-refractivity contribution in [2.24, 2.45) is 28.6 Å². The summed E-state index contributed by atoms with van der Waals surface area (Å²) in [6.07, 6.45) is 7.02. The lowest BCUT2D eigenvalue weighted by Crippen LogP contribution is -2.69. The van der Waals surface area contributed by atoms with E-state index in [-0.39, 0.29) is 35.7 Å². The molecule has 0 aromatic heterocycles. The predicted molar refractivity (Wildman–Crippen MR) is 105 cm³/mol. The molecule has 6 nitrogen and oxygen atoms in total. The summed E-state index contributed by atoms with van der Waals surface area (Å²) >= 11 is 0. The number of carbonyl (C=O) groups excluding carboxylic acids is 1. The van der Waals surface area contributed by atoms with Gasteiger partial charge in [-0.25, -0.2) is 4.79 Å². The molecule has 6 heteroatoms. The van der Waals surface area contributed by atoms with Gasteiger partial charge in [0.25, 0.3) is 0 Å². The molecule has 4 saturated carbocycles. The molecule has 0 spiro atoms. The van der Waals surface area contributed by atoms with Gasteiger partial charge < -0.3 is 25.2 Å². The van der Waals surface area contributed by atoms with Gasteiger partial charge in [0.15, 0.2) is 0 Å². The van der Waals surface area contributed by atoms with Crippen LogP contribution in [-0.4, -0.2) is 56.9 Å². The van der Waals surface area contributed by atoms with Gasteiger partial charge in [-0.05, 0) is 74.7 Å². The number of rotatable bonds is 2. The Morgan fingerprint density at radius 2 is 1.83 bits per heavy atom. The Morgan fingerprint density at radius 3 is 2.52 bits per heavy atom. The van der Waals surface area contributed by atoms with Gasteiger partial charge in [-0.1, -0.05) is 6.92 Å². The summed E-state index contributed by atoms with van der Waals surface area (Å²) in [6, 6.07) is 0. The van der Waals surface area contributed by atoms with Crippen LogP contribution in [0.2, 0.25) is 0 Å². The number of fused-ring (bicyclic) bond motifs is 5. The molecule has 29 heavy (non-hydrogen) atoms. The quantitative estimate of drug-likeness (QED) is 0.520. The number of aliphatic hydroxyl groups is 4. The Labute approximate surface area is 172 Å². The van der Waals surface area contributed by atoms with Crippen LogP contribution in [0.1, 0.15) is 64.7 Å². The van der Waals surface area contributed by atoms with E-state index in [1.54, 1.807) is 6.08 Å². The molecule has 4 N–H and O–H groups in total. The fourth-order valence-corrected chi connectivity index (χ4v) is 8.52. The highest BCUT2D eigenvalue weighted by molar-refractivity contribution is 5.85. The Balaban J connectivity index is 1.51. The lowest BCUT2D eigenvalue weighted by Gasteiger charge is -2.66. The van der Waals surface area contributed by atoms with Crippen molar-refractivity contribution in [3.05, 3.63) is 11.6 Å². The van der Waals surface area contributed by atoms with Gasteiger partial charge in [-0.2, -0.15) is 0 Å². The maximum absolute atomic E-state index is 12.1. The van der Waals surface area contributed by atoms with Crippen LogP contribution in [0.5, 0.6) is 0 Å². The second kappa shape index (κ2) is 6.28. The summed E-state index contributed by atoms with van der Waals surface area (Å²) in [5.41, 5.74) is -1.88. The monoisotopic (exact) mass is 406 g/mol. The molecule has 1 aliphatic heterocycles. The fourth-order valence-electron chi connectivity index (χ4n) is 8.52. The van der Waals surface area contributed by atoms with Crippen LogP contribution < -0.4 is 0 Å². The number of aliphatic hydroxyl groups excluding tert-OH is 2. The minimum Gasteiger partial charge on any atom is -0.458 e. The molecule has 0 aromatic carbocycles. The summed E-state index contributed by atoms with van der Waals surface area (Å²) in [6.45, 7) is 2.41. The van der Waals surface area contributed by atoms with Crippen molar-refractivity contribution in [3.8, 4) is 0 Å². The number of esters is 1. The van der Waals surface area contributed by atoms with Gasteiger partial charge in [0, 0.05) is 23.3 Å². The van der Waals surface area contributed by atoms with Crippen molar-refractivity contribution in [2.75, 3.05) is 13.2 Å². The zero-order valence-corrected chi connectivity index (χ0v) is 17.3. The maximum atomic E-state index is 12.1. The van der Waals surface area contributed by atoms with Crippen molar-refractivity contribution in [2.45, 2.75) is 82.0 Å². The number of hydrogen-bond donors (Lipinski definition) is 4. The molecule has 5 aliphatic rings. The van der Waals surface area contributed by atoms with Crippen LogP contribution in [0.15, 0.2) is 11.6 Å². The van der Waals surface area contributed by atoms with E-state index in [0.717, 1.165) is 24.8 Å². The highest BCUT2D eigenvalue weighted by Crippen LogP contribution is 2.70. The molecule has 5 rings (SSSR count). The first-order valence-corrected chi connectivity index (χ1v) is 11.3. The van der Waals surface area contributed by atoms with Crippen LogP contribution in [0.3, 0.4) is 0 Å². The number of ether oxygens (including phenoxy) is 1. The molecule has 0 bridgehead atoms. The highest BCUT2D eigenvalue weighted by atomic mass is 16.5. The normalized spacial score (nSPS) is 54.2. The summed E-state index contributed by atoms with van der Waals surface area (Å²) < 4.78 is 5.17.